The van der Waals surface area contributed by atoms with Gasteiger partial charge in [0.1, 0.15) is 5.37 Å². The summed E-state index contributed by atoms with van der Waals surface area (Å²) in [5.41, 5.74) is 1.23. The van der Waals surface area contributed by atoms with E-state index in [0.717, 1.165) is 29.4 Å². The second kappa shape index (κ2) is 5.81. The molecule has 0 bridgehead atoms. The number of nitro groups is 1. The van der Waals surface area contributed by atoms with E-state index in [1.165, 1.54) is 5.03 Å². The normalized spacial score (nSPS) is 23.0. The van der Waals surface area contributed by atoms with Gasteiger partial charge in [0.05, 0.1) is 15.6 Å². The molecule has 21 heavy (non-hydrogen) atoms. The van der Waals surface area contributed by atoms with Gasteiger partial charge in [0.25, 0.3) is 5.69 Å². The average Bonchev–Trinajstić information content (AvgIpc) is 3.04. The Kier molecular flexibility index (Phi) is 4.03. The molecule has 1 aromatic carbocycles. The Bertz CT molecular complexity index is 606. The standard InChI is InChI=1S/C14H17N3O2S2/c1-3-16-6-7-20-14(16)9-13-15(2)11-5-4-10(17(18)19)8-12(11)21-13/h4-5,8-9,13H,3,6-7H2,1-2H3/b14-9-. The Morgan fingerprint density at radius 1 is 1.52 bits per heavy atom. The van der Waals surface area contributed by atoms with Crippen molar-refractivity contribution in [2.45, 2.75) is 17.2 Å². The Balaban J connectivity index is 1.84. The molecule has 112 valence electrons. The third-order valence-corrected chi connectivity index (χ3v) is 6.10. The number of anilines is 1. The quantitative estimate of drug-likeness (QED) is 0.628. The summed E-state index contributed by atoms with van der Waals surface area (Å²) in [4.78, 5) is 16.1. The molecule has 1 saturated heterocycles. The van der Waals surface area contributed by atoms with E-state index in [1.54, 1.807) is 23.9 Å². The third kappa shape index (κ3) is 2.72. The summed E-state index contributed by atoms with van der Waals surface area (Å²) < 4.78 is 0. The zero-order valence-corrected chi connectivity index (χ0v) is 13.6. The summed E-state index contributed by atoms with van der Waals surface area (Å²) >= 11 is 3.57. The van der Waals surface area contributed by atoms with E-state index in [9.17, 15) is 10.1 Å². The van der Waals surface area contributed by atoms with Crippen molar-refractivity contribution in [1.29, 1.82) is 0 Å². The van der Waals surface area contributed by atoms with Crippen molar-refractivity contribution in [2.24, 2.45) is 0 Å². The van der Waals surface area contributed by atoms with Crippen LogP contribution in [0.15, 0.2) is 34.2 Å². The van der Waals surface area contributed by atoms with E-state index >= 15 is 0 Å². The fourth-order valence-electron chi connectivity index (χ4n) is 2.55. The molecule has 0 spiro atoms. The molecule has 1 aromatic rings. The number of non-ortho nitro benzene ring substituents is 1. The molecule has 0 aliphatic carbocycles. The predicted molar refractivity (Wildman–Crippen MR) is 88.9 cm³/mol. The number of thioether (sulfide) groups is 2. The highest BCUT2D eigenvalue weighted by Gasteiger charge is 2.29. The predicted octanol–water partition coefficient (Wildman–Crippen LogP) is 3.37. The van der Waals surface area contributed by atoms with Crippen molar-refractivity contribution in [3.05, 3.63) is 39.4 Å². The lowest BCUT2D eigenvalue weighted by Crippen LogP contribution is -2.24. The molecule has 2 aliphatic rings. The van der Waals surface area contributed by atoms with Gasteiger partial charge in [-0.3, -0.25) is 10.1 Å². The van der Waals surface area contributed by atoms with Gasteiger partial charge in [-0.15, -0.1) is 11.8 Å². The summed E-state index contributed by atoms with van der Waals surface area (Å²) in [5.74, 6) is 1.14. The number of rotatable bonds is 3. The molecule has 1 unspecified atom stereocenters. The van der Waals surface area contributed by atoms with Crippen molar-refractivity contribution in [1.82, 2.24) is 4.90 Å². The van der Waals surface area contributed by atoms with Gasteiger partial charge in [0.15, 0.2) is 0 Å². The summed E-state index contributed by atoms with van der Waals surface area (Å²) in [6.07, 6.45) is 2.28. The lowest BCUT2D eigenvalue weighted by Gasteiger charge is -2.22. The first-order valence-electron chi connectivity index (χ1n) is 6.87. The van der Waals surface area contributed by atoms with Gasteiger partial charge in [0, 0.05) is 42.9 Å². The minimum atomic E-state index is -0.335. The van der Waals surface area contributed by atoms with Gasteiger partial charge in [-0.25, -0.2) is 0 Å². The zero-order valence-electron chi connectivity index (χ0n) is 12.0. The molecule has 5 nitrogen and oxygen atoms in total. The maximum atomic E-state index is 10.9. The van der Waals surface area contributed by atoms with E-state index in [0.29, 0.717) is 0 Å². The zero-order chi connectivity index (χ0) is 15.0. The van der Waals surface area contributed by atoms with Crippen molar-refractivity contribution in [2.75, 3.05) is 30.8 Å². The molecule has 7 heteroatoms. The molecule has 2 heterocycles. The molecule has 3 rings (SSSR count). The van der Waals surface area contributed by atoms with E-state index in [-0.39, 0.29) is 16.0 Å². The van der Waals surface area contributed by atoms with Crippen LogP contribution in [0, 0.1) is 10.1 Å². The first-order chi connectivity index (χ1) is 10.1. The van der Waals surface area contributed by atoms with Crippen molar-refractivity contribution in [3.8, 4) is 0 Å². The van der Waals surface area contributed by atoms with Crippen molar-refractivity contribution in [3.63, 3.8) is 0 Å². The fourth-order valence-corrected chi connectivity index (χ4v) is 5.03. The molecule has 0 radical (unpaired) electrons. The number of benzene rings is 1. The van der Waals surface area contributed by atoms with E-state index in [2.05, 4.69) is 22.8 Å². The highest BCUT2D eigenvalue weighted by Crippen LogP contribution is 2.45. The SMILES string of the molecule is CCN1CCS/C1=C\C1Sc2cc([N+](=O)[O-])ccc2N1C. The Labute approximate surface area is 132 Å². The third-order valence-electron chi connectivity index (χ3n) is 3.75. The highest BCUT2D eigenvalue weighted by molar-refractivity contribution is 8.03. The maximum absolute atomic E-state index is 10.9. The minimum Gasteiger partial charge on any atom is -0.366 e. The largest absolute Gasteiger partial charge is 0.366 e. The number of nitrogens with zero attached hydrogens (tertiary/aromatic N) is 3. The van der Waals surface area contributed by atoms with Crippen LogP contribution in [0.1, 0.15) is 6.92 Å². The molecule has 0 aromatic heterocycles. The minimum absolute atomic E-state index is 0.161. The average molecular weight is 323 g/mol. The number of hydrogen-bond acceptors (Lipinski definition) is 6. The van der Waals surface area contributed by atoms with Crippen LogP contribution in [0.4, 0.5) is 11.4 Å². The van der Waals surface area contributed by atoms with Crippen molar-refractivity contribution < 1.29 is 4.92 Å². The lowest BCUT2D eigenvalue weighted by molar-refractivity contribution is -0.385. The van der Waals surface area contributed by atoms with E-state index in [4.69, 9.17) is 0 Å². The second-order valence-corrected chi connectivity index (χ2v) is 7.24. The van der Waals surface area contributed by atoms with Crippen molar-refractivity contribution >= 4 is 34.9 Å². The highest BCUT2D eigenvalue weighted by atomic mass is 32.2. The molecule has 2 aliphatic heterocycles. The molecular formula is C14H17N3O2S2. The van der Waals surface area contributed by atoms with E-state index in [1.807, 2.05) is 24.9 Å². The molecule has 0 amide bonds. The van der Waals surface area contributed by atoms with Crippen LogP contribution in [0.2, 0.25) is 0 Å². The van der Waals surface area contributed by atoms with Gasteiger partial charge in [-0.1, -0.05) is 11.8 Å². The first kappa shape index (κ1) is 14.6. The Morgan fingerprint density at radius 2 is 2.33 bits per heavy atom. The molecule has 0 saturated carbocycles. The maximum Gasteiger partial charge on any atom is 0.270 e. The van der Waals surface area contributed by atoms with Crippen LogP contribution in [-0.4, -0.2) is 41.1 Å². The summed E-state index contributed by atoms with van der Waals surface area (Å²) in [6.45, 7) is 4.30. The topological polar surface area (TPSA) is 49.6 Å². The number of nitro benzene ring substituents is 1. The molecule has 0 N–H and O–H groups in total. The van der Waals surface area contributed by atoms with Crippen LogP contribution < -0.4 is 4.90 Å². The first-order valence-corrected chi connectivity index (χ1v) is 8.74. The van der Waals surface area contributed by atoms with Crippen LogP contribution in [0.25, 0.3) is 0 Å². The number of fused-ring (bicyclic) bond motifs is 1. The Hall–Kier alpha value is -1.34. The summed E-state index contributed by atoms with van der Waals surface area (Å²) in [6, 6.07) is 5.10. The number of likely N-dealkylation sites (N-methyl/N-ethyl adjacent to an activating group) is 1. The van der Waals surface area contributed by atoms with Gasteiger partial charge < -0.3 is 9.80 Å². The second-order valence-electron chi connectivity index (χ2n) is 4.96. The van der Waals surface area contributed by atoms with Gasteiger partial charge >= 0.3 is 0 Å². The van der Waals surface area contributed by atoms with Crippen LogP contribution in [0.5, 0.6) is 0 Å². The van der Waals surface area contributed by atoms with E-state index < -0.39 is 0 Å². The van der Waals surface area contributed by atoms with Crippen LogP contribution in [-0.2, 0) is 0 Å². The van der Waals surface area contributed by atoms with Crippen LogP contribution >= 0.6 is 23.5 Å². The van der Waals surface area contributed by atoms with Gasteiger partial charge in [-0.05, 0) is 19.1 Å². The monoisotopic (exact) mass is 323 g/mol. The number of hydrogen-bond donors (Lipinski definition) is 0. The lowest BCUT2D eigenvalue weighted by atomic mass is 10.2. The van der Waals surface area contributed by atoms with Gasteiger partial charge in [0.2, 0.25) is 0 Å². The Morgan fingerprint density at radius 3 is 3.05 bits per heavy atom. The molecule has 1 fully saturated rings. The smallest absolute Gasteiger partial charge is 0.270 e. The summed E-state index contributed by atoms with van der Waals surface area (Å²) in [7, 11) is 2.04. The molecule has 1 atom stereocenters. The molecular weight excluding hydrogens is 306 g/mol. The fraction of sp³-hybridized carbons (Fsp3) is 0.429. The van der Waals surface area contributed by atoms with Gasteiger partial charge in [-0.2, -0.15) is 0 Å². The summed E-state index contributed by atoms with van der Waals surface area (Å²) in [5, 5.41) is 12.4. The van der Waals surface area contributed by atoms with Crippen LogP contribution in [0.3, 0.4) is 0 Å².